The molecule has 0 spiro atoms. The van der Waals surface area contributed by atoms with Crippen LogP contribution in [0.1, 0.15) is 27.2 Å². The highest BCUT2D eigenvalue weighted by Crippen LogP contribution is 2.34. The number of hydrogen-bond acceptors (Lipinski definition) is 5. The minimum Gasteiger partial charge on any atom is -0.444 e. The van der Waals surface area contributed by atoms with E-state index < -0.39 is 22.8 Å². The van der Waals surface area contributed by atoms with Crippen LogP contribution in [0.5, 0.6) is 0 Å². The second-order valence-corrected chi connectivity index (χ2v) is 6.15. The summed E-state index contributed by atoms with van der Waals surface area (Å²) in [6, 6.07) is 0. The van der Waals surface area contributed by atoms with E-state index >= 15 is 0 Å². The quantitative estimate of drug-likeness (QED) is 0.650. The van der Waals surface area contributed by atoms with Crippen molar-refractivity contribution in [2.24, 2.45) is 0 Å². The van der Waals surface area contributed by atoms with Crippen LogP contribution in [0, 0.1) is 0 Å². The van der Waals surface area contributed by atoms with Gasteiger partial charge in [0.25, 0.3) is 0 Å². The van der Waals surface area contributed by atoms with Crippen LogP contribution in [0.3, 0.4) is 0 Å². The number of hydrogen-bond donors (Lipinski definition) is 3. The van der Waals surface area contributed by atoms with Gasteiger partial charge in [-0.2, -0.15) is 0 Å². The minimum atomic E-state index is -0.944. The molecule has 2 heterocycles. The summed E-state index contributed by atoms with van der Waals surface area (Å²) in [5.74, 6) is 0. The maximum absolute atomic E-state index is 11.9. The fourth-order valence-electron chi connectivity index (χ4n) is 2.35. The SMILES string of the molecule is CC(C)(C)OC(=O)NC1(C2(O)CNC2)CCOC1. The molecule has 0 aromatic carbocycles. The Balaban J connectivity index is 2.05. The number of β-amino-alcohol motifs (C(OH)–C–C–N with tert-alkyl or cyclic N) is 1. The molecule has 3 N–H and O–H groups in total. The molecule has 6 heteroatoms. The number of alkyl carbamates (subject to hydrolysis) is 1. The van der Waals surface area contributed by atoms with Gasteiger partial charge in [0.2, 0.25) is 0 Å². The number of carbonyl (C=O) groups is 1. The van der Waals surface area contributed by atoms with Gasteiger partial charge in [0.05, 0.1) is 12.1 Å². The van der Waals surface area contributed by atoms with Gasteiger partial charge in [0.15, 0.2) is 0 Å². The average molecular weight is 258 g/mol. The predicted octanol–water partition coefficient (Wildman–Crippen LogP) is 0.00450. The van der Waals surface area contributed by atoms with E-state index in [-0.39, 0.29) is 0 Å². The van der Waals surface area contributed by atoms with E-state index in [9.17, 15) is 9.90 Å². The Bertz CT molecular complexity index is 327. The number of amides is 1. The second-order valence-electron chi connectivity index (χ2n) is 6.15. The lowest BCUT2D eigenvalue weighted by Crippen LogP contribution is -2.77. The summed E-state index contributed by atoms with van der Waals surface area (Å²) in [5, 5.41) is 16.3. The van der Waals surface area contributed by atoms with Gasteiger partial charge in [-0.25, -0.2) is 4.79 Å². The van der Waals surface area contributed by atoms with Crippen molar-refractivity contribution < 1.29 is 19.4 Å². The largest absolute Gasteiger partial charge is 0.444 e. The van der Waals surface area contributed by atoms with Crippen LogP contribution in [0.2, 0.25) is 0 Å². The molecule has 18 heavy (non-hydrogen) atoms. The zero-order chi connectivity index (χ0) is 13.4. The molecule has 6 nitrogen and oxygen atoms in total. The Morgan fingerprint density at radius 1 is 1.44 bits per heavy atom. The lowest BCUT2D eigenvalue weighted by Gasteiger charge is -2.50. The fraction of sp³-hybridized carbons (Fsp3) is 0.917. The van der Waals surface area contributed by atoms with E-state index in [4.69, 9.17) is 9.47 Å². The summed E-state index contributed by atoms with van der Waals surface area (Å²) in [6.07, 6.45) is 0.0954. The standard InChI is InChI=1S/C12H22N2O4/c1-10(2,3)18-9(15)14-11(4-5-17-8-11)12(16)6-13-7-12/h13,16H,4-8H2,1-3H3,(H,14,15). The third-order valence-corrected chi connectivity index (χ3v) is 3.49. The second kappa shape index (κ2) is 4.36. The van der Waals surface area contributed by atoms with Crippen LogP contribution in [0.25, 0.3) is 0 Å². The maximum atomic E-state index is 11.9. The van der Waals surface area contributed by atoms with Gasteiger partial charge < -0.3 is 25.2 Å². The summed E-state index contributed by atoms with van der Waals surface area (Å²) >= 11 is 0. The molecule has 0 aromatic heterocycles. The molecular formula is C12H22N2O4. The van der Waals surface area contributed by atoms with Crippen molar-refractivity contribution in [1.29, 1.82) is 0 Å². The van der Waals surface area contributed by atoms with Gasteiger partial charge in [-0.15, -0.1) is 0 Å². The van der Waals surface area contributed by atoms with Crippen LogP contribution < -0.4 is 10.6 Å². The van der Waals surface area contributed by atoms with Crippen LogP contribution in [-0.2, 0) is 9.47 Å². The van der Waals surface area contributed by atoms with Crippen molar-refractivity contribution in [2.75, 3.05) is 26.3 Å². The lowest BCUT2D eigenvalue weighted by molar-refractivity contribution is -0.0927. The van der Waals surface area contributed by atoms with Crippen molar-refractivity contribution >= 4 is 6.09 Å². The molecule has 104 valence electrons. The van der Waals surface area contributed by atoms with E-state index in [1.54, 1.807) is 0 Å². The van der Waals surface area contributed by atoms with E-state index in [1.165, 1.54) is 0 Å². The molecule has 2 rings (SSSR count). The molecule has 0 bridgehead atoms. The molecule has 0 aromatic rings. The van der Waals surface area contributed by atoms with Gasteiger partial charge in [-0.3, -0.25) is 0 Å². The normalized spacial score (nSPS) is 30.7. The molecule has 2 aliphatic heterocycles. The zero-order valence-corrected chi connectivity index (χ0v) is 11.2. The maximum Gasteiger partial charge on any atom is 0.408 e. The third kappa shape index (κ3) is 2.46. The zero-order valence-electron chi connectivity index (χ0n) is 11.2. The molecular weight excluding hydrogens is 236 g/mol. The molecule has 0 saturated carbocycles. The van der Waals surface area contributed by atoms with E-state index in [0.29, 0.717) is 32.7 Å². The Morgan fingerprint density at radius 3 is 2.50 bits per heavy atom. The van der Waals surface area contributed by atoms with Crippen LogP contribution >= 0.6 is 0 Å². The van der Waals surface area contributed by atoms with Gasteiger partial charge in [0.1, 0.15) is 11.2 Å². The average Bonchev–Trinajstić information content (AvgIpc) is 2.60. The van der Waals surface area contributed by atoms with Gasteiger partial charge in [-0.05, 0) is 27.2 Å². The summed E-state index contributed by atoms with van der Waals surface area (Å²) in [6.45, 7) is 7.22. The van der Waals surface area contributed by atoms with Crippen molar-refractivity contribution in [3.8, 4) is 0 Å². The van der Waals surface area contributed by atoms with Crippen molar-refractivity contribution in [3.63, 3.8) is 0 Å². The van der Waals surface area contributed by atoms with Crippen molar-refractivity contribution in [2.45, 2.75) is 43.9 Å². The van der Waals surface area contributed by atoms with E-state index in [0.717, 1.165) is 0 Å². The van der Waals surface area contributed by atoms with Crippen molar-refractivity contribution in [3.05, 3.63) is 0 Å². The highest BCUT2D eigenvalue weighted by molar-refractivity contribution is 5.69. The van der Waals surface area contributed by atoms with E-state index in [2.05, 4.69) is 10.6 Å². The third-order valence-electron chi connectivity index (χ3n) is 3.49. The smallest absolute Gasteiger partial charge is 0.408 e. The van der Waals surface area contributed by atoms with Crippen molar-refractivity contribution in [1.82, 2.24) is 10.6 Å². The number of rotatable bonds is 2. The number of ether oxygens (including phenoxy) is 2. The number of carbonyl (C=O) groups excluding carboxylic acids is 1. The van der Waals surface area contributed by atoms with Crippen LogP contribution in [-0.4, -0.2) is 54.2 Å². The molecule has 0 radical (unpaired) electrons. The predicted molar refractivity (Wildman–Crippen MR) is 65.4 cm³/mol. The molecule has 2 aliphatic rings. The minimum absolute atomic E-state index is 0.324. The Morgan fingerprint density at radius 2 is 2.11 bits per heavy atom. The molecule has 1 unspecified atom stereocenters. The monoisotopic (exact) mass is 258 g/mol. The highest BCUT2D eigenvalue weighted by atomic mass is 16.6. The summed E-state index contributed by atoms with van der Waals surface area (Å²) in [4.78, 5) is 11.9. The molecule has 0 aliphatic carbocycles. The Hall–Kier alpha value is -0.850. The molecule has 2 fully saturated rings. The van der Waals surface area contributed by atoms with Gasteiger partial charge in [0, 0.05) is 19.7 Å². The topological polar surface area (TPSA) is 79.8 Å². The fourth-order valence-corrected chi connectivity index (χ4v) is 2.35. The number of aliphatic hydroxyl groups is 1. The highest BCUT2D eigenvalue weighted by Gasteiger charge is 2.57. The summed E-state index contributed by atoms with van der Waals surface area (Å²) in [5.41, 5.74) is -2.23. The molecule has 2 saturated heterocycles. The summed E-state index contributed by atoms with van der Waals surface area (Å²) in [7, 11) is 0. The Labute approximate surface area is 107 Å². The summed E-state index contributed by atoms with van der Waals surface area (Å²) < 4.78 is 10.6. The van der Waals surface area contributed by atoms with Gasteiger partial charge >= 0.3 is 6.09 Å². The van der Waals surface area contributed by atoms with E-state index in [1.807, 2.05) is 20.8 Å². The Kier molecular flexibility index (Phi) is 3.29. The molecule has 1 atom stereocenters. The first-order chi connectivity index (χ1) is 8.27. The number of nitrogens with one attached hydrogen (secondary N) is 2. The first kappa shape index (κ1) is 13.6. The molecule has 1 amide bonds. The first-order valence-corrected chi connectivity index (χ1v) is 6.28. The lowest BCUT2D eigenvalue weighted by atomic mass is 9.75. The van der Waals surface area contributed by atoms with Crippen LogP contribution in [0.4, 0.5) is 4.79 Å². The van der Waals surface area contributed by atoms with Gasteiger partial charge in [-0.1, -0.05) is 0 Å². The van der Waals surface area contributed by atoms with Crippen LogP contribution in [0.15, 0.2) is 0 Å². The first-order valence-electron chi connectivity index (χ1n) is 6.28.